The minimum absolute atomic E-state index is 0.102. The van der Waals surface area contributed by atoms with Crippen LogP contribution in [-0.4, -0.2) is 20.9 Å². The molecule has 0 aliphatic carbocycles. The molecule has 23 heavy (non-hydrogen) atoms. The van der Waals surface area contributed by atoms with Crippen LogP contribution in [-0.2, 0) is 17.6 Å². The van der Waals surface area contributed by atoms with Crippen LogP contribution < -0.4 is 5.32 Å². The number of thiophene rings is 1. The lowest BCUT2D eigenvalue weighted by atomic mass is 10.1. The molecular formula is C17H18N4OS. The van der Waals surface area contributed by atoms with Gasteiger partial charge in [-0.05, 0) is 31.4 Å². The molecule has 0 aromatic carbocycles. The highest BCUT2D eigenvalue weighted by Gasteiger charge is 2.14. The van der Waals surface area contributed by atoms with E-state index in [1.54, 1.807) is 17.5 Å². The SMILES string of the molecule is CCc1nc(C)c(CC(=O)Nc2nccc3sccc23)c(C)n1. The Morgan fingerprint density at radius 3 is 2.65 bits per heavy atom. The molecule has 0 spiro atoms. The Labute approximate surface area is 138 Å². The van der Waals surface area contributed by atoms with Gasteiger partial charge in [0, 0.05) is 39.7 Å². The number of pyridine rings is 1. The summed E-state index contributed by atoms with van der Waals surface area (Å²) in [5, 5.41) is 5.87. The number of hydrogen-bond acceptors (Lipinski definition) is 5. The van der Waals surface area contributed by atoms with Crippen LogP contribution >= 0.6 is 11.3 Å². The van der Waals surface area contributed by atoms with Gasteiger partial charge in [-0.1, -0.05) is 6.92 Å². The van der Waals surface area contributed by atoms with Gasteiger partial charge >= 0.3 is 0 Å². The monoisotopic (exact) mass is 326 g/mol. The van der Waals surface area contributed by atoms with Crippen LogP contribution in [0.15, 0.2) is 23.7 Å². The van der Waals surface area contributed by atoms with Crippen molar-refractivity contribution in [1.29, 1.82) is 0 Å². The molecule has 0 radical (unpaired) electrons. The van der Waals surface area contributed by atoms with Gasteiger partial charge in [0.15, 0.2) is 0 Å². The number of carbonyl (C=O) groups is 1. The zero-order valence-electron chi connectivity index (χ0n) is 13.4. The molecule has 0 unspecified atom stereocenters. The zero-order valence-corrected chi connectivity index (χ0v) is 14.2. The topological polar surface area (TPSA) is 67.8 Å². The van der Waals surface area contributed by atoms with Crippen molar-refractivity contribution in [3.63, 3.8) is 0 Å². The summed E-state index contributed by atoms with van der Waals surface area (Å²) < 4.78 is 1.11. The minimum Gasteiger partial charge on any atom is -0.310 e. The van der Waals surface area contributed by atoms with E-state index in [4.69, 9.17) is 0 Å². The second kappa shape index (κ2) is 6.42. The van der Waals surface area contributed by atoms with Gasteiger partial charge in [0.1, 0.15) is 11.6 Å². The number of hydrogen-bond donors (Lipinski definition) is 1. The van der Waals surface area contributed by atoms with Crippen LogP contribution in [0.25, 0.3) is 10.1 Å². The molecule has 0 saturated heterocycles. The van der Waals surface area contributed by atoms with Crippen LogP contribution in [0, 0.1) is 13.8 Å². The summed E-state index contributed by atoms with van der Waals surface area (Å²) in [6, 6.07) is 3.92. The summed E-state index contributed by atoms with van der Waals surface area (Å²) >= 11 is 1.63. The minimum atomic E-state index is -0.102. The first kappa shape index (κ1) is 15.6. The average Bonchev–Trinajstić information content (AvgIpc) is 3.00. The van der Waals surface area contributed by atoms with Gasteiger partial charge in [-0.3, -0.25) is 4.79 Å². The number of rotatable bonds is 4. The van der Waals surface area contributed by atoms with Gasteiger partial charge < -0.3 is 5.32 Å². The molecule has 1 amide bonds. The summed E-state index contributed by atoms with van der Waals surface area (Å²) in [7, 11) is 0. The number of nitrogens with one attached hydrogen (secondary N) is 1. The fourth-order valence-electron chi connectivity index (χ4n) is 2.55. The molecule has 118 valence electrons. The second-order valence-electron chi connectivity index (χ2n) is 5.36. The fourth-order valence-corrected chi connectivity index (χ4v) is 3.34. The molecule has 0 fully saturated rings. The molecule has 5 nitrogen and oxygen atoms in total. The van der Waals surface area contributed by atoms with Gasteiger partial charge in [0.2, 0.25) is 5.91 Å². The van der Waals surface area contributed by atoms with Crippen molar-refractivity contribution < 1.29 is 4.79 Å². The lowest BCUT2D eigenvalue weighted by Gasteiger charge is -2.11. The van der Waals surface area contributed by atoms with Crippen LogP contribution in [0.1, 0.15) is 29.7 Å². The predicted molar refractivity (Wildman–Crippen MR) is 92.8 cm³/mol. The van der Waals surface area contributed by atoms with E-state index in [2.05, 4.69) is 20.3 Å². The van der Waals surface area contributed by atoms with Crippen molar-refractivity contribution >= 4 is 33.1 Å². The molecule has 0 aliphatic rings. The summed E-state index contributed by atoms with van der Waals surface area (Å²) in [6.45, 7) is 5.87. The average molecular weight is 326 g/mol. The first-order valence-electron chi connectivity index (χ1n) is 7.53. The third-order valence-electron chi connectivity index (χ3n) is 3.76. The third-order valence-corrected chi connectivity index (χ3v) is 4.64. The fraction of sp³-hybridized carbons (Fsp3) is 0.294. The highest BCUT2D eigenvalue weighted by atomic mass is 32.1. The van der Waals surface area contributed by atoms with Crippen LogP contribution in [0.4, 0.5) is 5.82 Å². The summed E-state index contributed by atoms with van der Waals surface area (Å²) in [6.07, 6.45) is 2.76. The maximum Gasteiger partial charge on any atom is 0.230 e. The maximum absolute atomic E-state index is 12.4. The Morgan fingerprint density at radius 2 is 1.96 bits per heavy atom. The van der Waals surface area contributed by atoms with E-state index in [0.717, 1.165) is 39.3 Å². The Bertz CT molecular complexity index is 849. The standard InChI is InChI=1S/C17H18N4OS/c1-4-15-19-10(2)13(11(3)20-15)9-16(22)21-17-12-6-8-23-14(12)5-7-18-17/h5-8H,4,9H2,1-3H3,(H,18,21,22). The van der Waals surface area contributed by atoms with Crippen molar-refractivity contribution in [2.45, 2.75) is 33.6 Å². The molecular weight excluding hydrogens is 308 g/mol. The molecule has 0 saturated carbocycles. The largest absolute Gasteiger partial charge is 0.310 e. The Balaban J connectivity index is 1.81. The van der Waals surface area contributed by atoms with E-state index < -0.39 is 0 Å². The molecule has 0 atom stereocenters. The summed E-state index contributed by atoms with van der Waals surface area (Å²) in [5.41, 5.74) is 2.62. The van der Waals surface area contributed by atoms with Crippen molar-refractivity contribution in [2.24, 2.45) is 0 Å². The lowest BCUT2D eigenvalue weighted by Crippen LogP contribution is -2.18. The van der Waals surface area contributed by atoms with Crippen molar-refractivity contribution in [2.75, 3.05) is 5.32 Å². The van der Waals surface area contributed by atoms with Gasteiger partial charge in [-0.2, -0.15) is 0 Å². The lowest BCUT2D eigenvalue weighted by molar-refractivity contribution is -0.115. The van der Waals surface area contributed by atoms with Crippen LogP contribution in [0.3, 0.4) is 0 Å². The number of carbonyl (C=O) groups excluding carboxylic acids is 1. The third kappa shape index (κ3) is 3.22. The zero-order chi connectivity index (χ0) is 16.4. The molecule has 3 heterocycles. The van der Waals surface area contributed by atoms with Crippen molar-refractivity contribution in [3.8, 4) is 0 Å². The number of fused-ring (bicyclic) bond motifs is 1. The molecule has 0 bridgehead atoms. The number of amides is 1. The maximum atomic E-state index is 12.4. The number of aromatic nitrogens is 3. The molecule has 3 aromatic heterocycles. The molecule has 0 aliphatic heterocycles. The van der Waals surface area contributed by atoms with Gasteiger partial charge in [0.05, 0.1) is 6.42 Å². The molecule has 6 heteroatoms. The van der Waals surface area contributed by atoms with E-state index in [1.807, 2.05) is 38.3 Å². The molecule has 1 N–H and O–H groups in total. The van der Waals surface area contributed by atoms with Gasteiger partial charge in [-0.15, -0.1) is 11.3 Å². The molecule has 3 aromatic rings. The van der Waals surface area contributed by atoms with E-state index >= 15 is 0 Å². The first-order chi connectivity index (χ1) is 11.1. The van der Waals surface area contributed by atoms with E-state index in [0.29, 0.717) is 5.82 Å². The number of anilines is 1. The van der Waals surface area contributed by atoms with E-state index in [-0.39, 0.29) is 12.3 Å². The van der Waals surface area contributed by atoms with E-state index in [1.165, 1.54) is 0 Å². The quantitative estimate of drug-likeness (QED) is 0.797. The summed E-state index contributed by atoms with van der Waals surface area (Å²) in [4.78, 5) is 25.6. The summed E-state index contributed by atoms with van der Waals surface area (Å²) in [5.74, 6) is 1.32. The second-order valence-corrected chi connectivity index (χ2v) is 6.31. The smallest absolute Gasteiger partial charge is 0.230 e. The Hall–Kier alpha value is -2.34. The van der Waals surface area contributed by atoms with Gasteiger partial charge in [0.25, 0.3) is 0 Å². The van der Waals surface area contributed by atoms with Gasteiger partial charge in [-0.25, -0.2) is 15.0 Å². The van der Waals surface area contributed by atoms with Crippen molar-refractivity contribution in [1.82, 2.24) is 15.0 Å². The van der Waals surface area contributed by atoms with Crippen LogP contribution in [0.5, 0.6) is 0 Å². The van der Waals surface area contributed by atoms with Crippen molar-refractivity contribution in [3.05, 3.63) is 46.5 Å². The van der Waals surface area contributed by atoms with Crippen LogP contribution in [0.2, 0.25) is 0 Å². The Kier molecular flexibility index (Phi) is 4.34. The predicted octanol–water partition coefficient (Wildman–Crippen LogP) is 3.45. The Morgan fingerprint density at radius 1 is 1.22 bits per heavy atom. The molecule has 3 rings (SSSR count). The number of aryl methyl sites for hydroxylation is 3. The normalized spacial score (nSPS) is 10.9. The number of nitrogens with zero attached hydrogens (tertiary/aromatic N) is 3. The first-order valence-corrected chi connectivity index (χ1v) is 8.41. The van der Waals surface area contributed by atoms with E-state index in [9.17, 15) is 4.79 Å². The highest BCUT2D eigenvalue weighted by molar-refractivity contribution is 7.17. The highest BCUT2D eigenvalue weighted by Crippen LogP contribution is 2.26.